The minimum absolute atomic E-state index is 0.00604. The Labute approximate surface area is 167 Å². The molecule has 0 radical (unpaired) electrons. The Bertz CT molecular complexity index is 1210. The minimum Gasteiger partial charge on any atom is -0.478 e. The van der Waals surface area contributed by atoms with Crippen molar-refractivity contribution in [2.75, 3.05) is 5.75 Å². The van der Waals surface area contributed by atoms with E-state index in [-0.39, 0.29) is 17.1 Å². The molecule has 0 atom stereocenters. The van der Waals surface area contributed by atoms with Crippen LogP contribution in [0, 0.1) is 0 Å². The van der Waals surface area contributed by atoms with Crippen LogP contribution in [0.2, 0.25) is 0 Å². The Hall–Kier alpha value is -3.46. The van der Waals surface area contributed by atoms with Gasteiger partial charge in [-0.25, -0.2) is 23.0 Å². The first-order valence-electron chi connectivity index (χ1n) is 8.63. The first kappa shape index (κ1) is 20.3. The van der Waals surface area contributed by atoms with Crippen molar-refractivity contribution in [2.24, 2.45) is 7.05 Å². The van der Waals surface area contributed by atoms with Crippen molar-refractivity contribution < 1.29 is 28.2 Å². The zero-order chi connectivity index (χ0) is 21.3. The number of hydrogen-bond acceptors (Lipinski definition) is 5. The smallest absolute Gasteiger partial charge is 0.355 e. The number of aromatic nitrogens is 2. The second-order valence-corrected chi connectivity index (χ2v) is 8.48. The highest BCUT2D eigenvalue weighted by molar-refractivity contribution is 7.91. The first-order chi connectivity index (χ1) is 13.7. The number of sulfone groups is 1. The average molecular weight is 414 g/mol. The number of carboxylic acid groups (broad SMARTS) is 2. The van der Waals surface area contributed by atoms with Crippen LogP contribution in [-0.2, 0) is 16.9 Å². The van der Waals surface area contributed by atoms with Crippen molar-refractivity contribution in [1.29, 1.82) is 0 Å². The number of carboxylic acids is 2. The summed E-state index contributed by atoms with van der Waals surface area (Å²) in [4.78, 5) is 27.5. The van der Waals surface area contributed by atoms with E-state index in [1.807, 2.05) is 6.07 Å². The molecular formula is C20H18N2O6S. The van der Waals surface area contributed by atoms with Gasteiger partial charge < -0.3 is 14.8 Å². The molecule has 2 N–H and O–H groups in total. The van der Waals surface area contributed by atoms with E-state index in [1.165, 1.54) is 20.0 Å². The van der Waals surface area contributed by atoms with Gasteiger partial charge in [0.15, 0.2) is 20.6 Å². The molecule has 3 aromatic rings. The van der Waals surface area contributed by atoms with E-state index in [0.29, 0.717) is 16.7 Å². The molecule has 0 aliphatic heterocycles. The summed E-state index contributed by atoms with van der Waals surface area (Å²) in [6.07, 6.45) is 0. The lowest BCUT2D eigenvalue weighted by Gasteiger charge is -2.09. The predicted octanol–water partition coefficient (Wildman–Crippen LogP) is 2.94. The Balaban J connectivity index is 2.25. The molecule has 0 saturated carbocycles. The number of nitrogens with zero attached hydrogens (tertiary/aromatic N) is 2. The maximum atomic E-state index is 12.3. The molecule has 0 bridgehead atoms. The summed E-state index contributed by atoms with van der Waals surface area (Å²) in [6, 6.07) is 13.5. The summed E-state index contributed by atoms with van der Waals surface area (Å²) in [5, 5.41) is 18.6. The molecule has 0 fully saturated rings. The molecule has 2 aromatic carbocycles. The van der Waals surface area contributed by atoms with Gasteiger partial charge in [-0.05, 0) is 17.2 Å². The Morgan fingerprint density at radius 3 is 2.21 bits per heavy atom. The van der Waals surface area contributed by atoms with Gasteiger partial charge in [-0.3, -0.25) is 0 Å². The summed E-state index contributed by atoms with van der Waals surface area (Å²) in [7, 11) is -2.51. The van der Waals surface area contributed by atoms with Crippen LogP contribution in [0.5, 0.6) is 0 Å². The lowest BCUT2D eigenvalue weighted by molar-refractivity contribution is 0.0676. The number of aromatic carboxylic acids is 2. The van der Waals surface area contributed by atoms with E-state index in [0.717, 1.165) is 4.57 Å². The highest BCUT2D eigenvalue weighted by atomic mass is 32.2. The normalized spacial score (nSPS) is 11.4. The van der Waals surface area contributed by atoms with Crippen LogP contribution in [0.3, 0.4) is 0 Å². The molecule has 0 saturated heterocycles. The fourth-order valence-corrected chi connectivity index (χ4v) is 4.07. The number of hydrogen-bond donors (Lipinski definition) is 2. The second-order valence-electron chi connectivity index (χ2n) is 6.29. The third kappa shape index (κ3) is 3.64. The number of rotatable bonds is 6. The highest BCUT2D eigenvalue weighted by Gasteiger charge is 2.29. The molecule has 8 nitrogen and oxygen atoms in total. The molecule has 1 aromatic heterocycles. The number of benzene rings is 2. The van der Waals surface area contributed by atoms with E-state index in [2.05, 4.69) is 4.98 Å². The van der Waals surface area contributed by atoms with E-state index in [9.17, 15) is 28.2 Å². The fourth-order valence-electron chi connectivity index (χ4n) is 3.05. The van der Waals surface area contributed by atoms with Crippen LogP contribution < -0.4 is 0 Å². The van der Waals surface area contributed by atoms with Gasteiger partial charge in [-0.15, -0.1) is 0 Å². The maximum Gasteiger partial charge on any atom is 0.355 e. The van der Waals surface area contributed by atoms with E-state index < -0.39 is 32.5 Å². The highest BCUT2D eigenvalue weighted by Crippen LogP contribution is 2.30. The quantitative estimate of drug-likeness (QED) is 0.635. The maximum absolute atomic E-state index is 12.3. The van der Waals surface area contributed by atoms with Gasteiger partial charge in [0.1, 0.15) is 5.82 Å². The molecule has 150 valence electrons. The zero-order valence-corrected chi connectivity index (χ0v) is 16.5. The molecule has 0 amide bonds. The lowest BCUT2D eigenvalue weighted by Crippen LogP contribution is -2.13. The van der Waals surface area contributed by atoms with Gasteiger partial charge in [-0.2, -0.15) is 0 Å². The van der Waals surface area contributed by atoms with Crippen molar-refractivity contribution in [3.05, 3.63) is 59.8 Å². The molecule has 9 heteroatoms. The molecule has 0 aliphatic carbocycles. The van der Waals surface area contributed by atoms with Crippen LogP contribution in [0.15, 0.2) is 53.6 Å². The molecule has 3 rings (SSSR count). The van der Waals surface area contributed by atoms with Gasteiger partial charge in [0.2, 0.25) is 0 Å². The number of imidazole rings is 1. The SMILES string of the molecule is CCS(=O)(=O)c1nc(-c2ccc(-c3ccccc3)c(C(=O)O)c2)n(C)c1C(=O)O. The summed E-state index contributed by atoms with van der Waals surface area (Å²) in [6.45, 7) is 1.40. The average Bonchev–Trinajstić information content (AvgIpc) is 3.06. The van der Waals surface area contributed by atoms with Crippen molar-refractivity contribution in [2.45, 2.75) is 11.9 Å². The molecule has 29 heavy (non-hydrogen) atoms. The van der Waals surface area contributed by atoms with Crippen molar-refractivity contribution >= 4 is 21.8 Å². The molecule has 0 spiro atoms. The fraction of sp³-hybridized carbons (Fsp3) is 0.150. The molecule has 0 aliphatic rings. The number of carbonyl (C=O) groups is 2. The van der Waals surface area contributed by atoms with Gasteiger partial charge in [-0.1, -0.05) is 49.4 Å². The third-order valence-electron chi connectivity index (χ3n) is 4.53. The molecule has 1 heterocycles. The van der Waals surface area contributed by atoms with Crippen molar-refractivity contribution in [1.82, 2.24) is 9.55 Å². The van der Waals surface area contributed by atoms with Crippen LogP contribution in [-0.4, -0.2) is 45.9 Å². The van der Waals surface area contributed by atoms with E-state index in [1.54, 1.807) is 36.4 Å². The Morgan fingerprint density at radius 1 is 1.00 bits per heavy atom. The standard InChI is InChI=1S/C20H18N2O6S/c1-3-29(27,28)18-16(20(25)26)22(2)17(21-18)13-9-10-14(15(11-13)19(23)24)12-7-5-4-6-8-12/h4-11H,3H2,1-2H3,(H,23,24)(H,25,26). The van der Waals surface area contributed by atoms with E-state index >= 15 is 0 Å². The van der Waals surface area contributed by atoms with Gasteiger partial charge in [0.05, 0.1) is 11.3 Å². The second kappa shape index (κ2) is 7.51. The Kier molecular flexibility index (Phi) is 5.25. The van der Waals surface area contributed by atoms with Crippen LogP contribution in [0.25, 0.3) is 22.5 Å². The van der Waals surface area contributed by atoms with E-state index in [4.69, 9.17) is 0 Å². The summed E-state index contributed by atoms with van der Waals surface area (Å²) >= 11 is 0. The van der Waals surface area contributed by atoms with Gasteiger partial charge >= 0.3 is 11.9 Å². The van der Waals surface area contributed by atoms with Crippen LogP contribution in [0.1, 0.15) is 27.8 Å². The Morgan fingerprint density at radius 2 is 1.66 bits per heavy atom. The lowest BCUT2D eigenvalue weighted by atomic mass is 9.97. The van der Waals surface area contributed by atoms with Crippen LogP contribution >= 0.6 is 0 Å². The largest absolute Gasteiger partial charge is 0.478 e. The monoisotopic (exact) mass is 414 g/mol. The summed E-state index contributed by atoms with van der Waals surface area (Å²) in [5.41, 5.74) is 1.01. The zero-order valence-electron chi connectivity index (χ0n) is 15.7. The molecular weight excluding hydrogens is 396 g/mol. The summed E-state index contributed by atoms with van der Waals surface area (Å²) < 4.78 is 25.8. The molecule has 0 unspecified atom stereocenters. The van der Waals surface area contributed by atoms with Crippen LogP contribution in [0.4, 0.5) is 0 Å². The first-order valence-corrected chi connectivity index (χ1v) is 10.3. The topological polar surface area (TPSA) is 127 Å². The predicted molar refractivity (Wildman–Crippen MR) is 106 cm³/mol. The third-order valence-corrected chi connectivity index (χ3v) is 6.17. The van der Waals surface area contributed by atoms with Crippen molar-refractivity contribution in [3.8, 4) is 22.5 Å². The van der Waals surface area contributed by atoms with Gasteiger partial charge in [0.25, 0.3) is 0 Å². The van der Waals surface area contributed by atoms with Gasteiger partial charge in [0, 0.05) is 12.6 Å². The van der Waals surface area contributed by atoms with Crippen molar-refractivity contribution in [3.63, 3.8) is 0 Å². The minimum atomic E-state index is -3.89. The summed E-state index contributed by atoms with van der Waals surface area (Å²) in [5.74, 6) is -2.86.